The number of carbonyl (C=O) groups is 1. The van der Waals surface area contributed by atoms with E-state index >= 15 is 0 Å². The molecule has 1 amide bonds. The summed E-state index contributed by atoms with van der Waals surface area (Å²) in [5.74, 6) is 1.28. The standard InChI is InChI=1S/C24H31N7O2/c1-29-10-11-30(16-20-4-2-3-9-25-20)17-21(29)23-28-27-22-6-5-19(15-31(22)23)24(32)26-14-18-7-12-33-13-8-18/h2-6,9,15,18,21H,7-8,10-14,16-17H2,1H3,(H,26,32). The fourth-order valence-corrected chi connectivity index (χ4v) is 4.63. The number of hydrogen-bond acceptors (Lipinski definition) is 7. The van der Waals surface area contributed by atoms with Gasteiger partial charge in [0.25, 0.3) is 5.91 Å². The van der Waals surface area contributed by atoms with Crippen LogP contribution < -0.4 is 5.32 Å². The molecule has 5 rings (SSSR count). The number of piperazine rings is 1. The molecule has 0 radical (unpaired) electrons. The molecule has 2 aliphatic heterocycles. The second-order valence-electron chi connectivity index (χ2n) is 9.02. The normalized spacial score (nSPS) is 20.8. The lowest BCUT2D eigenvalue weighted by Crippen LogP contribution is -2.46. The molecule has 2 aliphatic rings. The number of carbonyl (C=O) groups excluding carboxylic acids is 1. The van der Waals surface area contributed by atoms with Crippen molar-refractivity contribution in [2.24, 2.45) is 5.92 Å². The molecule has 9 heteroatoms. The van der Waals surface area contributed by atoms with Gasteiger partial charge in [-0.3, -0.25) is 24.0 Å². The number of hydrogen-bond donors (Lipinski definition) is 1. The highest BCUT2D eigenvalue weighted by Crippen LogP contribution is 2.24. The Balaban J connectivity index is 1.31. The van der Waals surface area contributed by atoms with Crippen molar-refractivity contribution in [3.05, 3.63) is 59.8 Å². The van der Waals surface area contributed by atoms with Crippen LogP contribution in [0.25, 0.3) is 5.65 Å². The Kier molecular flexibility index (Phi) is 6.61. The Labute approximate surface area is 193 Å². The molecule has 9 nitrogen and oxygen atoms in total. The average molecular weight is 450 g/mol. The number of rotatable bonds is 6. The van der Waals surface area contributed by atoms with Crippen LogP contribution in [0.2, 0.25) is 0 Å². The second-order valence-corrected chi connectivity index (χ2v) is 9.02. The molecule has 5 heterocycles. The van der Waals surface area contributed by atoms with Crippen LogP contribution in [0.3, 0.4) is 0 Å². The van der Waals surface area contributed by atoms with E-state index in [1.165, 1.54) is 0 Å². The number of fused-ring (bicyclic) bond motifs is 1. The zero-order valence-electron chi connectivity index (χ0n) is 19.1. The Morgan fingerprint density at radius 3 is 2.85 bits per heavy atom. The summed E-state index contributed by atoms with van der Waals surface area (Å²) in [7, 11) is 2.12. The van der Waals surface area contributed by atoms with E-state index in [4.69, 9.17) is 4.74 Å². The van der Waals surface area contributed by atoms with Crippen molar-refractivity contribution in [3.63, 3.8) is 0 Å². The monoisotopic (exact) mass is 449 g/mol. The smallest absolute Gasteiger partial charge is 0.252 e. The lowest BCUT2D eigenvalue weighted by atomic mass is 10.0. The summed E-state index contributed by atoms with van der Waals surface area (Å²) in [5.41, 5.74) is 2.44. The molecule has 0 spiro atoms. The largest absolute Gasteiger partial charge is 0.381 e. The van der Waals surface area contributed by atoms with Crippen LogP contribution >= 0.6 is 0 Å². The van der Waals surface area contributed by atoms with Gasteiger partial charge in [-0.05, 0) is 50.1 Å². The third-order valence-electron chi connectivity index (χ3n) is 6.72. The first-order valence-electron chi connectivity index (χ1n) is 11.7. The summed E-state index contributed by atoms with van der Waals surface area (Å²) in [6.45, 7) is 5.78. The minimum atomic E-state index is -0.0585. The van der Waals surface area contributed by atoms with Gasteiger partial charge in [-0.1, -0.05) is 6.07 Å². The van der Waals surface area contributed by atoms with Crippen LogP contribution in [-0.4, -0.2) is 81.7 Å². The third-order valence-corrected chi connectivity index (χ3v) is 6.72. The number of ether oxygens (including phenoxy) is 1. The van der Waals surface area contributed by atoms with E-state index in [9.17, 15) is 4.79 Å². The predicted molar refractivity (Wildman–Crippen MR) is 124 cm³/mol. The summed E-state index contributed by atoms with van der Waals surface area (Å²) < 4.78 is 7.38. The molecule has 3 aromatic heterocycles. The molecule has 33 heavy (non-hydrogen) atoms. The van der Waals surface area contributed by atoms with E-state index < -0.39 is 0 Å². The highest BCUT2D eigenvalue weighted by Gasteiger charge is 2.29. The minimum absolute atomic E-state index is 0.0585. The third kappa shape index (κ3) is 5.05. The summed E-state index contributed by atoms with van der Waals surface area (Å²) >= 11 is 0. The van der Waals surface area contributed by atoms with Crippen molar-refractivity contribution in [2.45, 2.75) is 25.4 Å². The van der Waals surface area contributed by atoms with Crippen LogP contribution in [0.4, 0.5) is 0 Å². The summed E-state index contributed by atoms with van der Waals surface area (Å²) in [6, 6.07) is 9.80. The maximum Gasteiger partial charge on any atom is 0.252 e. The highest BCUT2D eigenvalue weighted by molar-refractivity contribution is 5.94. The number of amides is 1. The molecule has 3 aromatic rings. The van der Waals surface area contributed by atoms with Gasteiger partial charge in [-0.25, -0.2) is 0 Å². The van der Waals surface area contributed by atoms with E-state index in [2.05, 4.69) is 43.4 Å². The molecule has 0 saturated carbocycles. The van der Waals surface area contributed by atoms with E-state index in [0.717, 1.165) is 69.4 Å². The topological polar surface area (TPSA) is 87.9 Å². The molecule has 2 saturated heterocycles. The van der Waals surface area contributed by atoms with Gasteiger partial charge >= 0.3 is 0 Å². The van der Waals surface area contributed by atoms with Crippen molar-refractivity contribution in [1.29, 1.82) is 0 Å². The van der Waals surface area contributed by atoms with Crippen molar-refractivity contribution in [2.75, 3.05) is 46.4 Å². The lowest BCUT2D eigenvalue weighted by Gasteiger charge is -2.38. The van der Waals surface area contributed by atoms with Crippen molar-refractivity contribution < 1.29 is 9.53 Å². The van der Waals surface area contributed by atoms with E-state index in [1.807, 2.05) is 41.1 Å². The Bertz CT molecular complexity index is 1080. The molecule has 1 atom stereocenters. The van der Waals surface area contributed by atoms with Gasteiger partial charge in [0, 0.05) is 58.3 Å². The summed E-state index contributed by atoms with van der Waals surface area (Å²) in [5, 5.41) is 12.0. The quantitative estimate of drug-likeness (QED) is 0.614. The van der Waals surface area contributed by atoms with E-state index in [0.29, 0.717) is 18.0 Å². The molecule has 0 bridgehead atoms. The van der Waals surface area contributed by atoms with Crippen molar-refractivity contribution >= 4 is 11.6 Å². The first kappa shape index (κ1) is 21.9. The maximum atomic E-state index is 12.8. The fourth-order valence-electron chi connectivity index (χ4n) is 4.63. The van der Waals surface area contributed by atoms with E-state index in [-0.39, 0.29) is 11.9 Å². The zero-order valence-corrected chi connectivity index (χ0v) is 19.1. The Morgan fingerprint density at radius 2 is 2.03 bits per heavy atom. The molecule has 174 valence electrons. The molecule has 1 unspecified atom stereocenters. The molecule has 1 N–H and O–H groups in total. The number of nitrogens with zero attached hydrogens (tertiary/aromatic N) is 6. The maximum absolute atomic E-state index is 12.8. The van der Waals surface area contributed by atoms with Crippen molar-refractivity contribution in [1.82, 2.24) is 34.7 Å². The Morgan fingerprint density at radius 1 is 1.15 bits per heavy atom. The minimum Gasteiger partial charge on any atom is -0.381 e. The number of pyridine rings is 2. The van der Waals surface area contributed by atoms with Gasteiger partial charge < -0.3 is 10.1 Å². The Hall–Kier alpha value is -2.88. The summed E-state index contributed by atoms with van der Waals surface area (Å²) in [6.07, 6.45) is 5.70. The zero-order chi connectivity index (χ0) is 22.6. The summed E-state index contributed by atoms with van der Waals surface area (Å²) in [4.78, 5) is 22.0. The van der Waals surface area contributed by atoms with Crippen LogP contribution in [0.15, 0.2) is 42.7 Å². The number of aromatic nitrogens is 4. The van der Waals surface area contributed by atoms with Crippen LogP contribution in [0.5, 0.6) is 0 Å². The lowest BCUT2D eigenvalue weighted by molar-refractivity contribution is 0.0642. The fraction of sp³-hybridized carbons (Fsp3) is 0.500. The number of likely N-dealkylation sites (N-methyl/N-ethyl adjacent to an activating group) is 1. The second kappa shape index (κ2) is 9.94. The van der Waals surface area contributed by atoms with Gasteiger partial charge in [0.2, 0.25) is 0 Å². The first-order valence-corrected chi connectivity index (χ1v) is 11.7. The highest BCUT2D eigenvalue weighted by atomic mass is 16.5. The molecule has 2 fully saturated rings. The first-order chi connectivity index (χ1) is 16.2. The molecule has 0 aromatic carbocycles. The van der Waals surface area contributed by atoms with Crippen LogP contribution in [-0.2, 0) is 11.3 Å². The van der Waals surface area contributed by atoms with Gasteiger partial charge in [0.05, 0.1) is 17.3 Å². The SMILES string of the molecule is CN1CCN(Cc2ccccn2)CC1c1nnc2ccc(C(=O)NCC3CCOCC3)cn12. The van der Waals surface area contributed by atoms with Gasteiger partial charge in [-0.15, -0.1) is 10.2 Å². The predicted octanol–water partition coefficient (Wildman–Crippen LogP) is 1.77. The van der Waals surface area contributed by atoms with E-state index in [1.54, 1.807) is 0 Å². The molecular formula is C24H31N7O2. The van der Waals surface area contributed by atoms with Gasteiger partial charge in [0.1, 0.15) is 0 Å². The van der Waals surface area contributed by atoms with Crippen molar-refractivity contribution in [3.8, 4) is 0 Å². The molecular weight excluding hydrogens is 418 g/mol. The van der Waals surface area contributed by atoms with Gasteiger partial charge in [0.15, 0.2) is 11.5 Å². The van der Waals surface area contributed by atoms with Crippen LogP contribution in [0.1, 0.15) is 40.8 Å². The van der Waals surface area contributed by atoms with Crippen LogP contribution in [0, 0.1) is 5.92 Å². The van der Waals surface area contributed by atoms with Gasteiger partial charge in [-0.2, -0.15) is 0 Å². The molecule has 0 aliphatic carbocycles. The number of nitrogens with one attached hydrogen (secondary N) is 1. The average Bonchev–Trinajstić information content (AvgIpc) is 3.28.